The lowest BCUT2D eigenvalue weighted by molar-refractivity contribution is -0.136. The lowest BCUT2D eigenvalue weighted by Gasteiger charge is -2.28. The Kier molecular flexibility index (Phi) is 3.82. The average molecular weight is 235 g/mol. The van der Waals surface area contributed by atoms with Gasteiger partial charge >= 0.3 is 0 Å². The van der Waals surface area contributed by atoms with E-state index in [-0.39, 0.29) is 11.8 Å². The summed E-state index contributed by atoms with van der Waals surface area (Å²) in [5.41, 5.74) is 0. The van der Waals surface area contributed by atoms with Crippen LogP contribution in [0.5, 0.6) is 0 Å². The van der Waals surface area contributed by atoms with Crippen LogP contribution in [-0.2, 0) is 11.3 Å². The molecule has 0 aliphatic heterocycles. The van der Waals surface area contributed by atoms with Crippen LogP contribution in [0.1, 0.15) is 38.4 Å². The summed E-state index contributed by atoms with van der Waals surface area (Å²) in [6.07, 6.45) is 7.97. The molecule has 1 N–H and O–H groups in total. The zero-order valence-electron chi connectivity index (χ0n) is 10.6. The number of carbonyl (C=O) groups excluding carboxylic acids is 1. The summed E-state index contributed by atoms with van der Waals surface area (Å²) in [5.74, 6) is 2.14. The molecule has 2 rings (SSSR count). The number of hydrogen-bond acceptors (Lipinski definition) is 2. The van der Waals surface area contributed by atoms with Gasteiger partial charge in [0.05, 0.1) is 6.54 Å². The third kappa shape index (κ3) is 3.08. The Balaban J connectivity index is 1.86. The van der Waals surface area contributed by atoms with Crippen molar-refractivity contribution in [1.29, 1.82) is 0 Å². The molecule has 1 saturated carbocycles. The maximum Gasteiger partial charge on any atom is 0.225 e. The zero-order chi connectivity index (χ0) is 12.3. The highest BCUT2D eigenvalue weighted by Gasteiger charge is 2.26. The monoisotopic (exact) mass is 235 g/mol. The van der Waals surface area contributed by atoms with Gasteiger partial charge in [0.2, 0.25) is 5.91 Å². The summed E-state index contributed by atoms with van der Waals surface area (Å²) in [6.45, 7) is 2.85. The summed E-state index contributed by atoms with van der Waals surface area (Å²) in [7, 11) is 1.86. The first-order valence-electron chi connectivity index (χ1n) is 6.40. The van der Waals surface area contributed by atoms with E-state index in [4.69, 9.17) is 0 Å². The van der Waals surface area contributed by atoms with Crippen LogP contribution in [0.25, 0.3) is 0 Å². The Morgan fingerprint density at radius 3 is 2.76 bits per heavy atom. The van der Waals surface area contributed by atoms with Crippen molar-refractivity contribution in [3.63, 3.8) is 0 Å². The second-order valence-electron chi connectivity index (χ2n) is 5.19. The van der Waals surface area contributed by atoms with Crippen molar-refractivity contribution < 1.29 is 4.79 Å². The van der Waals surface area contributed by atoms with Gasteiger partial charge in [0.1, 0.15) is 5.82 Å². The molecule has 4 heteroatoms. The first-order valence-corrected chi connectivity index (χ1v) is 6.40. The van der Waals surface area contributed by atoms with E-state index in [9.17, 15) is 4.79 Å². The maximum absolute atomic E-state index is 12.2. The van der Waals surface area contributed by atoms with E-state index in [1.165, 1.54) is 12.8 Å². The van der Waals surface area contributed by atoms with Crippen molar-refractivity contribution in [3.05, 3.63) is 18.2 Å². The molecular weight excluding hydrogens is 214 g/mol. The predicted octanol–water partition coefficient (Wildman–Crippen LogP) is 2.19. The molecule has 0 bridgehead atoms. The highest BCUT2D eigenvalue weighted by molar-refractivity contribution is 5.78. The number of nitrogens with zero attached hydrogens (tertiary/aromatic N) is 2. The van der Waals surface area contributed by atoms with E-state index in [1.807, 2.05) is 7.05 Å². The molecule has 94 valence electrons. The Hall–Kier alpha value is -1.32. The Bertz CT molecular complexity index is 353. The number of nitrogens with one attached hydrogen (secondary N) is 1. The summed E-state index contributed by atoms with van der Waals surface area (Å²) in [5, 5.41) is 0. The molecule has 1 aromatic rings. The van der Waals surface area contributed by atoms with Gasteiger partial charge in [0, 0.05) is 25.4 Å². The molecule has 1 heterocycles. The quantitative estimate of drug-likeness (QED) is 0.873. The van der Waals surface area contributed by atoms with Gasteiger partial charge in [0.15, 0.2) is 0 Å². The van der Waals surface area contributed by atoms with Gasteiger partial charge in [-0.05, 0) is 31.6 Å². The van der Waals surface area contributed by atoms with Crippen molar-refractivity contribution in [1.82, 2.24) is 14.9 Å². The number of amides is 1. The zero-order valence-corrected chi connectivity index (χ0v) is 10.6. The number of hydrogen-bond donors (Lipinski definition) is 1. The van der Waals surface area contributed by atoms with Gasteiger partial charge in [-0.25, -0.2) is 4.98 Å². The fourth-order valence-corrected chi connectivity index (χ4v) is 2.51. The van der Waals surface area contributed by atoms with Gasteiger partial charge in [-0.15, -0.1) is 0 Å². The van der Waals surface area contributed by atoms with Crippen molar-refractivity contribution >= 4 is 5.91 Å². The number of aromatic nitrogens is 2. The molecule has 1 aliphatic carbocycles. The van der Waals surface area contributed by atoms with Crippen molar-refractivity contribution in [2.45, 2.75) is 39.2 Å². The molecule has 1 aromatic heterocycles. The van der Waals surface area contributed by atoms with E-state index < -0.39 is 0 Å². The van der Waals surface area contributed by atoms with Crippen LogP contribution in [0.4, 0.5) is 0 Å². The van der Waals surface area contributed by atoms with Crippen LogP contribution >= 0.6 is 0 Å². The average Bonchev–Trinajstić information content (AvgIpc) is 2.82. The lowest BCUT2D eigenvalue weighted by Crippen LogP contribution is -2.34. The van der Waals surface area contributed by atoms with Gasteiger partial charge in [-0.1, -0.05) is 6.92 Å². The molecule has 1 aliphatic rings. The van der Waals surface area contributed by atoms with Crippen LogP contribution in [0.2, 0.25) is 0 Å². The first kappa shape index (κ1) is 12.1. The molecular formula is C13H21N3O. The number of rotatable bonds is 3. The van der Waals surface area contributed by atoms with E-state index in [0.29, 0.717) is 6.54 Å². The molecule has 0 atom stereocenters. The molecule has 1 fully saturated rings. The van der Waals surface area contributed by atoms with E-state index in [1.54, 1.807) is 17.3 Å². The number of aromatic amines is 1. The van der Waals surface area contributed by atoms with Crippen molar-refractivity contribution in [2.24, 2.45) is 11.8 Å². The highest BCUT2D eigenvalue weighted by atomic mass is 16.2. The maximum atomic E-state index is 12.2. The molecule has 0 spiro atoms. The number of carbonyl (C=O) groups is 1. The number of H-pyrrole nitrogens is 1. The van der Waals surface area contributed by atoms with Gasteiger partial charge in [-0.2, -0.15) is 0 Å². The fourth-order valence-electron chi connectivity index (χ4n) is 2.51. The molecule has 0 unspecified atom stereocenters. The normalized spacial score (nSPS) is 24.6. The standard InChI is InChI=1S/C13H21N3O/c1-10-3-5-11(6-4-10)13(17)16(2)9-12-14-7-8-15-12/h7-8,10-11H,3-6,9H2,1-2H3,(H,14,15). The van der Waals surface area contributed by atoms with Crippen molar-refractivity contribution in [3.8, 4) is 0 Å². The Morgan fingerprint density at radius 1 is 1.47 bits per heavy atom. The third-order valence-corrected chi connectivity index (χ3v) is 3.68. The second kappa shape index (κ2) is 5.34. The summed E-state index contributed by atoms with van der Waals surface area (Å²) >= 11 is 0. The van der Waals surface area contributed by atoms with Crippen molar-refractivity contribution in [2.75, 3.05) is 7.05 Å². The third-order valence-electron chi connectivity index (χ3n) is 3.68. The lowest BCUT2D eigenvalue weighted by atomic mass is 9.82. The molecule has 1 amide bonds. The van der Waals surface area contributed by atoms with E-state index in [2.05, 4.69) is 16.9 Å². The highest BCUT2D eigenvalue weighted by Crippen LogP contribution is 2.29. The molecule has 0 saturated heterocycles. The van der Waals surface area contributed by atoms with Crippen LogP contribution in [0.3, 0.4) is 0 Å². The van der Waals surface area contributed by atoms with Gasteiger partial charge in [-0.3, -0.25) is 4.79 Å². The van der Waals surface area contributed by atoms with Gasteiger partial charge in [0.25, 0.3) is 0 Å². The summed E-state index contributed by atoms with van der Waals surface area (Å²) < 4.78 is 0. The predicted molar refractivity (Wildman–Crippen MR) is 66.2 cm³/mol. The molecule has 17 heavy (non-hydrogen) atoms. The fraction of sp³-hybridized carbons (Fsp3) is 0.692. The smallest absolute Gasteiger partial charge is 0.225 e. The molecule has 0 radical (unpaired) electrons. The molecule has 0 aromatic carbocycles. The Labute approximate surface area is 102 Å². The van der Waals surface area contributed by atoms with Crippen LogP contribution in [-0.4, -0.2) is 27.8 Å². The SMILES string of the molecule is CC1CCC(C(=O)N(C)Cc2ncc[nH]2)CC1. The second-order valence-corrected chi connectivity index (χ2v) is 5.19. The minimum atomic E-state index is 0.228. The van der Waals surface area contributed by atoms with E-state index >= 15 is 0 Å². The van der Waals surface area contributed by atoms with E-state index in [0.717, 1.165) is 24.6 Å². The number of imidazole rings is 1. The minimum Gasteiger partial charge on any atom is -0.347 e. The largest absolute Gasteiger partial charge is 0.347 e. The Morgan fingerprint density at radius 2 is 2.18 bits per heavy atom. The van der Waals surface area contributed by atoms with Crippen LogP contribution in [0, 0.1) is 11.8 Å². The molecule has 4 nitrogen and oxygen atoms in total. The summed E-state index contributed by atoms with van der Waals surface area (Å²) in [6, 6.07) is 0. The van der Waals surface area contributed by atoms with Crippen LogP contribution in [0.15, 0.2) is 12.4 Å². The topological polar surface area (TPSA) is 49.0 Å². The summed E-state index contributed by atoms with van der Waals surface area (Å²) in [4.78, 5) is 21.2. The minimum absolute atomic E-state index is 0.228. The van der Waals surface area contributed by atoms with Gasteiger partial charge < -0.3 is 9.88 Å². The first-order chi connectivity index (χ1) is 8.16. The van der Waals surface area contributed by atoms with Crippen LogP contribution < -0.4 is 0 Å².